The standard InChI is InChI=1S/C24H28N2O/c1-25-22-10-6-5-9-21(22)17-23(25)24(27)12-11-19-13-15-26(16-14-19)18-20-7-3-2-4-8-20/h2-10,17,19H,11-16,18H2,1H3. The Morgan fingerprint density at radius 2 is 1.70 bits per heavy atom. The predicted molar refractivity (Wildman–Crippen MR) is 111 cm³/mol. The Bertz CT molecular complexity index is 905. The number of Topliss-reactive ketones (excluding diaryl/α,β-unsaturated/α-hetero) is 1. The van der Waals surface area contributed by atoms with Crippen LogP contribution in [0, 0.1) is 5.92 Å². The van der Waals surface area contributed by atoms with Crippen LogP contribution in [0.2, 0.25) is 0 Å². The SMILES string of the molecule is Cn1c(C(=O)CCC2CCN(Cc3ccccc3)CC2)cc2ccccc21. The second kappa shape index (κ2) is 8.10. The third-order valence-electron chi connectivity index (χ3n) is 5.97. The molecule has 0 radical (unpaired) electrons. The van der Waals surface area contributed by atoms with Crippen LogP contribution in [0.5, 0.6) is 0 Å². The molecule has 140 valence electrons. The first kappa shape index (κ1) is 18.0. The van der Waals surface area contributed by atoms with E-state index in [1.54, 1.807) is 0 Å². The zero-order valence-corrected chi connectivity index (χ0v) is 16.1. The molecule has 1 aliphatic heterocycles. The summed E-state index contributed by atoms with van der Waals surface area (Å²) in [6.07, 6.45) is 4.08. The van der Waals surface area contributed by atoms with Gasteiger partial charge in [0.1, 0.15) is 0 Å². The van der Waals surface area contributed by atoms with Crippen LogP contribution in [0.1, 0.15) is 41.7 Å². The maximum absolute atomic E-state index is 12.8. The lowest BCUT2D eigenvalue weighted by Crippen LogP contribution is -2.33. The molecule has 0 atom stereocenters. The molecule has 3 nitrogen and oxygen atoms in total. The molecule has 1 fully saturated rings. The molecule has 4 rings (SSSR count). The first-order valence-electron chi connectivity index (χ1n) is 10.0. The third kappa shape index (κ3) is 4.14. The molecule has 0 saturated carbocycles. The lowest BCUT2D eigenvalue weighted by Gasteiger charge is -2.32. The first-order valence-corrected chi connectivity index (χ1v) is 10.0. The van der Waals surface area contributed by atoms with E-state index >= 15 is 0 Å². The summed E-state index contributed by atoms with van der Waals surface area (Å²) >= 11 is 0. The second-order valence-electron chi connectivity index (χ2n) is 7.81. The van der Waals surface area contributed by atoms with Gasteiger partial charge in [0.15, 0.2) is 5.78 Å². The zero-order chi connectivity index (χ0) is 18.6. The Morgan fingerprint density at radius 1 is 1.00 bits per heavy atom. The predicted octanol–water partition coefficient (Wildman–Crippen LogP) is 5.05. The van der Waals surface area contributed by atoms with Gasteiger partial charge in [-0.15, -0.1) is 0 Å². The van der Waals surface area contributed by atoms with Gasteiger partial charge in [-0.25, -0.2) is 0 Å². The average Bonchev–Trinajstić information content (AvgIpc) is 3.05. The number of likely N-dealkylation sites (tertiary alicyclic amines) is 1. The van der Waals surface area contributed by atoms with E-state index in [4.69, 9.17) is 0 Å². The Balaban J connectivity index is 1.28. The Morgan fingerprint density at radius 3 is 2.44 bits per heavy atom. The summed E-state index contributed by atoms with van der Waals surface area (Å²) in [5.41, 5.74) is 3.37. The number of aryl methyl sites for hydroxylation is 1. The van der Waals surface area contributed by atoms with Crippen LogP contribution < -0.4 is 0 Å². The molecule has 1 saturated heterocycles. The molecule has 2 heterocycles. The largest absolute Gasteiger partial charge is 0.341 e. The van der Waals surface area contributed by atoms with Gasteiger partial charge in [0.25, 0.3) is 0 Å². The minimum Gasteiger partial charge on any atom is -0.341 e. The van der Waals surface area contributed by atoms with Crippen LogP contribution in [0.15, 0.2) is 60.7 Å². The van der Waals surface area contributed by atoms with Gasteiger partial charge in [0, 0.05) is 30.9 Å². The second-order valence-corrected chi connectivity index (χ2v) is 7.81. The minimum atomic E-state index is 0.278. The van der Waals surface area contributed by atoms with E-state index in [0.29, 0.717) is 12.3 Å². The summed E-state index contributed by atoms with van der Waals surface area (Å²) in [6.45, 7) is 3.33. The zero-order valence-electron chi connectivity index (χ0n) is 16.1. The van der Waals surface area contributed by atoms with Crippen LogP contribution in [0.3, 0.4) is 0 Å². The van der Waals surface area contributed by atoms with Gasteiger partial charge in [0.2, 0.25) is 0 Å². The van der Waals surface area contributed by atoms with E-state index in [1.807, 2.05) is 29.8 Å². The van der Waals surface area contributed by atoms with Crippen molar-refractivity contribution in [3.63, 3.8) is 0 Å². The topological polar surface area (TPSA) is 25.2 Å². The average molecular weight is 361 g/mol. The number of fused-ring (bicyclic) bond motifs is 1. The molecule has 0 spiro atoms. The summed E-state index contributed by atoms with van der Waals surface area (Å²) in [5, 5.41) is 1.15. The fourth-order valence-corrected chi connectivity index (χ4v) is 4.29. The van der Waals surface area contributed by atoms with Gasteiger partial charge in [0.05, 0.1) is 5.69 Å². The van der Waals surface area contributed by atoms with Crippen molar-refractivity contribution in [3.05, 3.63) is 71.9 Å². The Labute approximate surface area is 161 Å². The molecule has 0 amide bonds. The molecule has 3 heteroatoms. The molecule has 0 unspecified atom stereocenters. The number of nitrogens with zero attached hydrogens (tertiary/aromatic N) is 2. The minimum absolute atomic E-state index is 0.278. The van der Waals surface area contributed by atoms with Crippen molar-refractivity contribution in [1.29, 1.82) is 0 Å². The highest BCUT2D eigenvalue weighted by atomic mass is 16.1. The lowest BCUT2D eigenvalue weighted by molar-refractivity contribution is 0.0954. The molecule has 1 aromatic heterocycles. The van der Waals surface area contributed by atoms with Crippen molar-refractivity contribution < 1.29 is 4.79 Å². The molecule has 1 aliphatic rings. The number of carbonyl (C=O) groups excluding carboxylic acids is 1. The van der Waals surface area contributed by atoms with Gasteiger partial charge in [-0.2, -0.15) is 0 Å². The van der Waals surface area contributed by atoms with Gasteiger partial charge in [-0.1, -0.05) is 48.5 Å². The van der Waals surface area contributed by atoms with Crippen LogP contribution in [0.4, 0.5) is 0 Å². The molecule has 27 heavy (non-hydrogen) atoms. The molecular formula is C24H28N2O. The Hall–Kier alpha value is -2.39. The summed E-state index contributed by atoms with van der Waals surface area (Å²) in [7, 11) is 2.00. The number of rotatable bonds is 6. The van der Waals surface area contributed by atoms with Crippen molar-refractivity contribution >= 4 is 16.7 Å². The van der Waals surface area contributed by atoms with Crippen molar-refractivity contribution in [1.82, 2.24) is 9.47 Å². The van der Waals surface area contributed by atoms with Gasteiger partial charge >= 0.3 is 0 Å². The molecule has 0 bridgehead atoms. The van der Waals surface area contributed by atoms with E-state index in [2.05, 4.69) is 47.4 Å². The molecular weight excluding hydrogens is 332 g/mol. The van der Waals surface area contributed by atoms with Gasteiger partial charge < -0.3 is 4.57 Å². The molecule has 0 aliphatic carbocycles. The van der Waals surface area contributed by atoms with Crippen LogP contribution >= 0.6 is 0 Å². The van der Waals surface area contributed by atoms with Gasteiger partial charge in [-0.3, -0.25) is 9.69 Å². The summed E-state index contributed by atoms with van der Waals surface area (Å²) in [5.74, 6) is 0.955. The number of hydrogen-bond acceptors (Lipinski definition) is 2. The number of para-hydroxylation sites is 1. The number of carbonyl (C=O) groups is 1. The normalized spacial score (nSPS) is 16.0. The lowest BCUT2D eigenvalue weighted by atomic mass is 9.91. The molecule has 2 aromatic carbocycles. The highest BCUT2D eigenvalue weighted by Gasteiger charge is 2.21. The smallest absolute Gasteiger partial charge is 0.179 e. The van der Waals surface area contributed by atoms with E-state index in [0.717, 1.165) is 42.7 Å². The van der Waals surface area contributed by atoms with E-state index in [9.17, 15) is 4.79 Å². The van der Waals surface area contributed by atoms with Crippen LogP contribution in [-0.2, 0) is 13.6 Å². The van der Waals surface area contributed by atoms with Gasteiger partial charge in [-0.05, 0) is 56.0 Å². The van der Waals surface area contributed by atoms with Crippen molar-refractivity contribution in [2.45, 2.75) is 32.2 Å². The third-order valence-corrected chi connectivity index (χ3v) is 5.97. The highest BCUT2D eigenvalue weighted by Crippen LogP contribution is 2.25. The van der Waals surface area contributed by atoms with Crippen molar-refractivity contribution in [2.24, 2.45) is 13.0 Å². The maximum atomic E-state index is 12.8. The number of aromatic nitrogens is 1. The summed E-state index contributed by atoms with van der Waals surface area (Å²) < 4.78 is 2.04. The fourth-order valence-electron chi connectivity index (χ4n) is 4.29. The number of ketones is 1. The van der Waals surface area contributed by atoms with E-state index < -0.39 is 0 Å². The molecule has 0 N–H and O–H groups in total. The molecule has 3 aromatic rings. The fraction of sp³-hybridized carbons (Fsp3) is 0.375. The van der Waals surface area contributed by atoms with E-state index in [1.165, 1.54) is 18.4 Å². The van der Waals surface area contributed by atoms with E-state index in [-0.39, 0.29) is 5.78 Å². The van der Waals surface area contributed by atoms with Crippen LogP contribution in [-0.4, -0.2) is 28.3 Å². The maximum Gasteiger partial charge on any atom is 0.179 e. The number of piperidine rings is 1. The quantitative estimate of drug-likeness (QED) is 0.575. The summed E-state index contributed by atoms with van der Waals surface area (Å²) in [4.78, 5) is 15.3. The van der Waals surface area contributed by atoms with Crippen molar-refractivity contribution in [3.8, 4) is 0 Å². The van der Waals surface area contributed by atoms with Crippen molar-refractivity contribution in [2.75, 3.05) is 13.1 Å². The Kier molecular flexibility index (Phi) is 5.40. The monoisotopic (exact) mass is 360 g/mol. The number of benzene rings is 2. The summed E-state index contributed by atoms with van der Waals surface area (Å²) in [6, 6.07) is 21.0. The first-order chi connectivity index (χ1) is 13.2. The van der Waals surface area contributed by atoms with Crippen LogP contribution in [0.25, 0.3) is 10.9 Å². The number of hydrogen-bond donors (Lipinski definition) is 0. The highest BCUT2D eigenvalue weighted by molar-refractivity contribution is 6.00.